The van der Waals surface area contributed by atoms with Crippen LogP contribution in [0.1, 0.15) is 5.56 Å². The zero-order valence-electron chi connectivity index (χ0n) is 18.3. The molecule has 0 saturated carbocycles. The molecule has 34 heavy (non-hydrogen) atoms. The third-order valence-electron chi connectivity index (χ3n) is 5.42. The van der Waals surface area contributed by atoms with Gasteiger partial charge in [0.05, 0.1) is 12.3 Å². The van der Waals surface area contributed by atoms with E-state index in [4.69, 9.17) is 0 Å². The molecule has 4 aromatic carbocycles. The molecule has 2 N–H and O–H groups in total. The molecule has 1 amide bonds. The molecule has 1 heterocycles. The van der Waals surface area contributed by atoms with Crippen LogP contribution in [-0.4, -0.2) is 31.5 Å². The first-order valence-electron chi connectivity index (χ1n) is 10.8. The van der Waals surface area contributed by atoms with Crippen molar-refractivity contribution in [3.63, 3.8) is 0 Å². The summed E-state index contributed by atoms with van der Waals surface area (Å²) in [6, 6.07) is 30.7. The van der Waals surface area contributed by atoms with Gasteiger partial charge < -0.3 is 10.4 Å². The lowest BCUT2D eigenvalue weighted by Gasteiger charge is -2.11. The summed E-state index contributed by atoms with van der Waals surface area (Å²) in [5, 5.41) is 24.2. The van der Waals surface area contributed by atoms with E-state index in [1.807, 2.05) is 89.5 Å². The highest BCUT2D eigenvalue weighted by molar-refractivity contribution is 7.99. The summed E-state index contributed by atoms with van der Waals surface area (Å²) in [6.45, 7) is 0.567. The Morgan fingerprint density at radius 2 is 1.59 bits per heavy atom. The number of nitrogens with one attached hydrogen (secondary N) is 1. The van der Waals surface area contributed by atoms with E-state index in [1.54, 1.807) is 12.1 Å². The highest BCUT2D eigenvalue weighted by atomic mass is 32.2. The molecule has 0 unspecified atom stereocenters. The molecule has 0 radical (unpaired) electrons. The summed E-state index contributed by atoms with van der Waals surface area (Å²) in [5.74, 6) is 0.964. The molecule has 0 saturated heterocycles. The molecule has 5 rings (SSSR count). The van der Waals surface area contributed by atoms with Crippen LogP contribution < -0.4 is 5.32 Å². The summed E-state index contributed by atoms with van der Waals surface area (Å²) >= 11 is 1.35. The Kier molecular flexibility index (Phi) is 6.27. The lowest BCUT2D eigenvalue weighted by Crippen LogP contribution is -2.15. The van der Waals surface area contributed by atoms with Crippen LogP contribution in [0.25, 0.3) is 22.2 Å². The topological polar surface area (TPSA) is 80.0 Å². The highest BCUT2D eigenvalue weighted by Crippen LogP contribution is 2.27. The third-order valence-corrected chi connectivity index (χ3v) is 6.39. The minimum atomic E-state index is -0.109. The van der Waals surface area contributed by atoms with Crippen LogP contribution in [-0.2, 0) is 11.3 Å². The summed E-state index contributed by atoms with van der Waals surface area (Å²) < 4.78 is 2.00. The first kappa shape index (κ1) is 21.7. The van der Waals surface area contributed by atoms with Crippen molar-refractivity contribution in [2.24, 2.45) is 0 Å². The van der Waals surface area contributed by atoms with E-state index in [2.05, 4.69) is 15.5 Å². The molecule has 168 valence electrons. The molecule has 0 fully saturated rings. The second-order valence-electron chi connectivity index (χ2n) is 7.79. The Hall–Kier alpha value is -4.10. The normalized spacial score (nSPS) is 10.9. The summed E-state index contributed by atoms with van der Waals surface area (Å²) in [6.07, 6.45) is 0. The number of anilines is 1. The van der Waals surface area contributed by atoms with Crippen molar-refractivity contribution in [1.82, 2.24) is 14.8 Å². The fourth-order valence-corrected chi connectivity index (χ4v) is 4.52. The minimum absolute atomic E-state index is 0.109. The minimum Gasteiger partial charge on any atom is -0.508 e. The number of aromatic nitrogens is 3. The summed E-state index contributed by atoms with van der Waals surface area (Å²) in [4.78, 5) is 12.8. The zero-order valence-corrected chi connectivity index (χ0v) is 19.1. The van der Waals surface area contributed by atoms with Gasteiger partial charge in [0.1, 0.15) is 5.75 Å². The quantitative estimate of drug-likeness (QED) is 0.306. The Labute approximate surface area is 201 Å². The van der Waals surface area contributed by atoms with Crippen molar-refractivity contribution >= 4 is 34.1 Å². The molecule has 0 aliphatic rings. The zero-order chi connectivity index (χ0) is 23.3. The van der Waals surface area contributed by atoms with Crippen molar-refractivity contribution in [1.29, 1.82) is 0 Å². The second-order valence-corrected chi connectivity index (χ2v) is 8.73. The molecule has 5 aromatic rings. The fraction of sp³-hybridized carbons (Fsp3) is 0.0741. The molecule has 1 aromatic heterocycles. The van der Waals surface area contributed by atoms with Crippen LogP contribution in [0.2, 0.25) is 0 Å². The van der Waals surface area contributed by atoms with Gasteiger partial charge in [-0.1, -0.05) is 78.5 Å². The number of carbonyl (C=O) groups is 1. The molecule has 0 bridgehead atoms. The Morgan fingerprint density at radius 3 is 2.41 bits per heavy atom. The Balaban J connectivity index is 1.37. The smallest absolute Gasteiger partial charge is 0.234 e. The van der Waals surface area contributed by atoms with E-state index in [1.165, 1.54) is 11.8 Å². The van der Waals surface area contributed by atoms with Gasteiger partial charge in [0.15, 0.2) is 11.0 Å². The monoisotopic (exact) mass is 466 g/mol. The Morgan fingerprint density at radius 1 is 0.853 bits per heavy atom. The molecular weight excluding hydrogens is 444 g/mol. The van der Waals surface area contributed by atoms with Crippen LogP contribution in [0, 0.1) is 0 Å². The number of hydrogen-bond donors (Lipinski definition) is 2. The summed E-state index contributed by atoms with van der Waals surface area (Å²) in [7, 11) is 0. The van der Waals surface area contributed by atoms with Gasteiger partial charge in [-0.2, -0.15) is 0 Å². The van der Waals surface area contributed by atoms with Crippen LogP contribution in [0.5, 0.6) is 5.75 Å². The number of benzene rings is 4. The first-order chi connectivity index (χ1) is 16.7. The third kappa shape index (κ3) is 4.79. The van der Waals surface area contributed by atoms with Crippen molar-refractivity contribution in [2.75, 3.05) is 11.1 Å². The number of phenolic OH excluding ortho intramolecular Hbond substituents is 1. The molecule has 0 aliphatic heterocycles. The Bertz CT molecular complexity index is 1430. The molecular formula is C27H22N4O2S. The van der Waals surface area contributed by atoms with Gasteiger partial charge in [-0.15, -0.1) is 10.2 Å². The molecule has 7 heteroatoms. The lowest BCUT2D eigenvalue weighted by molar-refractivity contribution is -0.113. The van der Waals surface area contributed by atoms with Crippen molar-refractivity contribution in [2.45, 2.75) is 11.7 Å². The number of phenols is 1. The van der Waals surface area contributed by atoms with Crippen LogP contribution >= 0.6 is 11.8 Å². The number of amides is 1. The number of hydrogen-bond acceptors (Lipinski definition) is 5. The molecule has 0 aliphatic carbocycles. The van der Waals surface area contributed by atoms with Crippen molar-refractivity contribution in [3.8, 4) is 17.1 Å². The second kappa shape index (κ2) is 9.80. The van der Waals surface area contributed by atoms with E-state index in [9.17, 15) is 9.90 Å². The maximum atomic E-state index is 12.8. The number of aromatic hydroxyl groups is 1. The van der Waals surface area contributed by atoms with E-state index >= 15 is 0 Å². The number of fused-ring (bicyclic) bond motifs is 1. The van der Waals surface area contributed by atoms with Gasteiger partial charge >= 0.3 is 0 Å². The number of nitrogens with zero attached hydrogens (tertiary/aromatic N) is 3. The first-order valence-corrected chi connectivity index (χ1v) is 11.8. The van der Waals surface area contributed by atoms with Crippen molar-refractivity contribution < 1.29 is 9.90 Å². The maximum Gasteiger partial charge on any atom is 0.234 e. The maximum absolute atomic E-state index is 12.8. The molecule has 0 spiro atoms. The standard InChI is InChI=1S/C27H22N4O2S/c32-22-15-13-21(14-16-22)26-29-30-27(31(26)17-19-7-2-1-3-8-19)34-18-25(33)28-24-12-6-10-20-9-4-5-11-23(20)24/h1-16,32H,17-18H2,(H,28,33). The largest absolute Gasteiger partial charge is 0.508 e. The predicted octanol–water partition coefficient (Wildman–Crippen LogP) is 5.58. The van der Waals surface area contributed by atoms with Gasteiger partial charge in [-0.25, -0.2) is 0 Å². The average molecular weight is 467 g/mol. The number of carbonyl (C=O) groups excluding carboxylic acids is 1. The van der Waals surface area contributed by atoms with E-state index in [0.29, 0.717) is 17.5 Å². The molecule has 6 nitrogen and oxygen atoms in total. The molecule has 0 atom stereocenters. The van der Waals surface area contributed by atoms with Gasteiger partial charge in [-0.05, 0) is 41.3 Å². The highest BCUT2D eigenvalue weighted by Gasteiger charge is 2.17. The van der Waals surface area contributed by atoms with Gasteiger partial charge in [0.25, 0.3) is 0 Å². The SMILES string of the molecule is O=C(CSc1nnc(-c2ccc(O)cc2)n1Cc1ccccc1)Nc1cccc2ccccc12. The van der Waals surface area contributed by atoms with Crippen LogP contribution in [0.15, 0.2) is 102 Å². The van der Waals surface area contributed by atoms with Crippen molar-refractivity contribution in [3.05, 3.63) is 103 Å². The lowest BCUT2D eigenvalue weighted by atomic mass is 10.1. The van der Waals surface area contributed by atoms with E-state index < -0.39 is 0 Å². The fourth-order valence-electron chi connectivity index (χ4n) is 3.78. The van der Waals surface area contributed by atoms with Gasteiger partial charge in [-0.3, -0.25) is 9.36 Å². The van der Waals surface area contributed by atoms with Gasteiger partial charge in [0, 0.05) is 16.6 Å². The van der Waals surface area contributed by atoms with Crippen LogP contribution in [0.3, 0.4) is 0 Å². The number of rotatable bonds is 7. The summed E-state index contributed by atoms with van der Waals surface area (Å²) in [5.41, 5.74) is 2.73. The number of thioether (sulfide) groups is 1. The van der Waals surface area contributed by atoms with E-state index in [-0.39, 0.29) is 17.4 Å². The van der Waals surface area contributed by atoms with Crippen LogP contribution in [0.4, 0.5) is 5.69 Å². The average Bonchev–Trinajstić information content (AvgIpc) is 3.26. The predicted molar refractivity (Wildman–Crippen MR) is 136 cm³/mol. The van der Waals surface area contributed by atoms with Gasteiger partial charge in [0.2, 0.25) is 5.91 Å². The van der Waals surface area contributed by atoms with E-state index in [0.717, 1.165) is 27.6 Å².